The minimum atomic E-state index is -0.762. The molecule has 0 amide bonds. The van der Waals surface area contributed by atoms with Gasteiger partial charge in [-0.25, -0.2) is 9.59 Å². The van der Waals surface area contributed by atoms with Gasteiger partial charge in [-0.05, 0) is 97.8 Å². The number of aldehydes is 4. The smallest absolute Gasteiger partial charge is 0.343 e. The van der Waals surface area contributed by atoms with Crippen molar-refractivity contribution in [1.82, 2.24) is 0 Å². The number of ether oxygens (including phenoxy) is 2. The minimum absolute atomic E-state index is 0.0849. The highest BCUT2D eigenvalue weighted by Gasteiger charge is 2.18. The van der Waals surface area contributed by atoms with Crippen LogP contribution in [-0.4, -0.2) is 37.1 Å². The lowest BCUT2D eigenvalue weighted by atomic mass is 10.1. The molecule has 208 valence electrons. The van der Waals surface area contributed by atoms with Crippen LogP contribution in [0.5, 0.6) is 11.5 Å². The summed E-state index contributed by atoms with van der Waals surface area (Å²) >= 11 is 0. The third-order valence-corrected chi connectivity index (χ3v) is 5.97. The number of benzene rings is 4. The molecule has 4 aromatic carbocycles. The molecule has 0 aliphatic heterocycles. The third kappa shape index (κ3) is 6.62. The van der Waals surface area contributed by atoms with Crippen molar-refractivity contribution in [3.8, 4) is 11.5 Å². The van der Waals surface area contributed by atoms with E-state index < -0.39 is 11.9 Å². The molecule has 0 aromatic heterocycles. The second-order valence-electron chi connectivity index (χ2n) is 9.09. The van der Waals surface area contributed by atoms with Crippen LogP contribution in [0.1, 0.15) is 73.3 Å². The molecule has 0 fully saturated rings. The zero-order valence-corrected chi connectivity index (χ0v) is 22.4. The van der Waals surface area contributed by atoms with Gasteiger partial charge in [-0.3, -0.25) is 19.2 Å². The highest BCUT2D eigenvalue weighted by molar-refractivity contribution is 5.97. The number of azo groups is 1. The zero-order valence-electron chi connectivity index (χ0n) is 22.4. The van der Waals surface area contributed by atoms with Gasteiger partial charge in [0, 0.05) is 0 Å². The van der Waals surface area contributed by atoms with Crippen molar-refractivity contribution in [2.75, 3.05) is 0 Å². The first-order valence-electron chi connectivity index (χ1n) is 12.4. The standard InChI is InChI=1S/C32H22N2O8/c1-19-11-23(15-35)29(24(12-19)16-36)41-31(39)21-3-7-27(8-4-21)33-34-28-9-5-22(6-10-28)32(40)42-30-25(17-37)13-20(2)14-26(30)18-38/h3-18H,1-2H3. The quantitative estimate of drug-likeness (QED) is 0.0933. The molecule has 10 heteroatoms. The molecule has 4 aromatic rings. The van der Waals surface area contributed by atoms with E-state index in [1.165, 1.54) is 72.8 Å². The highest BCUT2D eigenvalue weighted by atomic mass is 16.5. The molecule has 0 heterocycles. The van der Waals surface area contributed by atoms with Gasteiger partial charge in [0.15, 0.2) is 36.6 Å². The molecule has 0 aliphatic carbocycles. The lowest BCUT2D eigenvalue weighted by Gasteiger charge is -2.10. The van der Waals surface area contributed by atoms with Gasteiger partial charge in [0.05, 0.1) is 44.8 Å². The van der Waals surface area contributed by atoms with Crippen LogP contribution in [-0.2, 0) is 0 Å². The molecular weight excluding hydrogens is 540 g/mol. The predicted molar refractivity (Wildman–Crippen MR) is 151 cm³/mol. The first kappa shape index (κ1) is 29.1. The summed E-state index contributed by atoms with van der Waals surface area (Å²) in [5.41, 5.74) is 2.83. The fourth-order valence-corrected chi connectivity index (χ4v) is 3.99. The minimum Gasteiger partial charge on any atom is -0.421 e. The van der Waals surface area contributed by atoms with Crippen molar-refractivity contribution in [1.29, 1.82) is 0 Å². The molecule has 0 unspecified atom stereocenters. The summed E-state index contributed by atoms with van der Waals surface area (Å²) in [5, 5.41) is 8.22. The normalized spacial score (nSPS) is 10.6. The van der Waals surface area contributed by atoms with E-state index >= 15 is 0 Å². The number of rotatable bonds is 10. The van der Waals surface area contributed by atoms with E-state index in [9.17, 15) is 28.8 Å². The lowest BCUT2D eigenvalue weighted by molar-refractivity contribution is 0.0720. The van der Waals surface area contributed by atoms with Crippen molar-refractivity contribution in [3.05, 3.63) is 117 Å². The van der Waals surface area contributed by atoms with Gasteiger partial charge in [0.2, 0.25) is 0 Å². The Labute approximate surface area is 239 Å². The third-order valence-electron chi connectivity index (χ3n) is 5.97. The van der Waals surface area contributed by atoms with Gasteiger partial charge in [-0.15, -0.1) is 0 Å². The summed E-state index contributed by atoms with van der Waals surface area (Å²) in [6.45, 7) is 3.43. The average Bonchev–Trinajstić information content (AvgIpc) is 3.01. The van der Waals surface area contributed by atoms with Crippen LogP contribution in [0, 0.1) is 13.8 Å². The molecule has 0 saturated heterocycles. The Morgan fingerprint density at radius 1 is 0.524 bits per heavy atom. The number of carbonyl (C=O) groups excluding carboxylic acids is 6. The molecule has 42 heavy (non-hydrogen) atoms. The van der Waals surface area contributed by atoms with Crippen LogP contribution >= 0.6 is 0 Å². The topological polar surface area (TPSA) is 146 Å². The summed E-state index contributed by atoms with van der Waals surface area (Å²) in [6, 6.07) is 18.0. The van der Waals surface area contributed by atoms with E-state index in [1.807, 2.05) is 0 Å². The first-order chi connectivity index (χ1) is 20.3. The van der Waals surface area contributed by atoms with Gasteiger partial charge in [-0.1, -0.05) is 0 Å². The molecular formula is C32H22N2O8. The van der Waals surface area contributed by atoms with Crippen molar-refractivity contribution in [3.63, 3.8) is 0 Å². The Morgan fingerprint density at radius 2 is 0.810 bits per heavy atom. The molecule has 0 radical (unpaired) electrons. The molecule has 0 N–H and O–H groups in total. The number of carbonyl (C=O) groups is 6. The Morgan fingerprint density at radius 3 is 1.07 bits per heavy atom. The summed E-state index contributed by atoms with van der Waals surface area (Å²) in [4.78, 5) is 70.9. The Bertz CT molecular complexity index is 1550. The second kappa shape index (κ2) is 13.0. The van der Waals surface area contributed by atoms with E-state index in [1.54, 1.807) is 13.8 Å². The molecule has 10 nitrogen and oxygen atoms in total. The predicted octanol–water partition coefficient (Wildman–Crippen LogP) is 6.41. The number of nitrogens with zero attached hydrogens (tertiary/aromatic N) is 2. The van der Waals surface area contributed by atoms with E-state index in [-0.39, 0.29) is 44.9 Å². The van der Waals surface area contributed by atoms with Crippen LogP contribution in [0.3, 0.4) is 0 Å². The monoisotopic (exact) mass is 562 g/mol. The average molecular weight is 563 g/mol. The summed E-state index contributed by atoms with van der Waals surface area (Å²) in [7, 11) is 0. The Balaban J connectivity index is 1.43. The number of hydrogen-bond donors (Lipinski definition) is 0. The van der Waals surface area contributed by atoms with E-state index in [0.717, 1.165) is 0 Å². The fourth-order valence-electron chi connectivity index (χ4n) is 3.99. The lowest BCUT2D eigenvalue weighted by Crippen LogP contribution is -2.11. The van der Waals surface area contributed by atoms with Crippen LogP contribution in [0.25, 0.3) is 0 Å². The van der Waals surface area contributed by atoms with E-state index in [2.05, 4.69) is 10.2 Å². The van der Waals surface area contributed by atoms with Gasteiger partial charge in [0.25, 0.3) is 0 Å². The van der Waals surface area contributed by atoms with Gasteiger partial charge < -0.3 is 9.47 Å². The molecule has 4 rings (SSSR count). The van der Waals surface area contributed by atoms with E-state index in [0.29, 0.717) is 47.6 Å². The zero-order chi connectivity index (χ0) is 30.2. The number of esters is 2. The van der Waals surface area contributed by atoms with Crippen LogP contribution in [0.4, 0.5) is 11.4 Å². The maximum atomic E-state index is 12.6. The summed E-state index contributed by atoms with van der Waals surface area (Å²) in [6.07, 6.45) is 2.05. The molecule has 0 atom stereocenters. The molecule has 0 spiro atoms. The van der Waals surface area contributed by atoms with Crippen molar-refractivity contribution < 1.29 is 38.2 Å². The number of aryl methyl sites for hydroxylation is 2. The molecule has 0 saturated carbocycles. The van der Waals surface area contributed by atoms with Crippen molar-refractivity contribution in [2.45, 2.75) is 13.8 Å². The van der Waals surface area contributed by atoms with Crippen LogP contribution in [0.15, 0.2) is 83.0 Å². The summed E-state index contributed by atoms with van der Waals surface area (Å²) < 4.78 is 10.7. The van der Waals surface area contributed by atoms with Gasteiger partial charge >= 0.3 is 11.9 Å². The fraction of sp³-hybridized carbons (Fsp3) is 0.0625. The van der Waals surface area contributed by atoms with Crippen LogP contribution < -0.4 is 9.47 Å². The maximum absolute atomic E-state index is 12.6. The SMILES string of the molecule is Cc1cc(C=O)c(OC(=O)c2ccc(N=Nc3ccc(C(=O)Oc4c(C=O)cc(C)cc4C=O)cc3)cc2)c(C=O)c1. The highest BCUT2D eigenvalue weighted by Crippen LogP contribution is 2.27. The Hall–Kier alpha value is -5.90. The Kier molecular flexibility index (Phi) is 8.98. The van der Waals surface area contributed by atoms with Crippen molar-refractivity contribution >= 4 is 48.5 Å². The van der Waals surface area contributed by atoms with Gasteiger partial charge in [0.1, 0.15) is 0 Å². The number of hydrogen-bond acceptors (Lipinski definition) is 10. The first-order valence-corrected chi connectivity index (χ1v) is 12.4. The van der Waals surface area contributed by atoms with E-state index in [4.69, 9.17) is 9.47 Å². The van der Waals surface area contributed by atoms with Crippen LogP contribution in [0.2, 0.25) is 0 Å². The summed E-state index contributed by atoms with van der Waals surface area (Å²) in [5.74, 6) is -1.75. The van der Waals surface area contributed by atoms with Gasteiger partial charge in [-0.2, -0.15) is 10.2 Å². The van der Waals surface area contributed by atoms with Crippen molar-refractivity contribution in [2.24, 2.45) is 10.2 Å². The molecule has 0 bridgehead atoms. The second-order valence-corrected chi connectivity index (χ2v) is 9.09. The molecule has 0 aliphatic rings. The maximum Gasteiger partial charge on any atom is 0.343 e. The largest absolute Gasteiger partial charge is 0.421 e.